The van der Waals surface area contributed by atoms with Gasteiger partial charge in [-0.25, -0.2) is 19.2 Å². The molecule has 2 saturated heterocycles. The monoisotopic (exact) mass is 810 g/mol. The Morgan fingerprint density at radius 2 is 1.67 bits per heavy atom. The number of carbonyl (C=O) groups excluding carboxylic acids is 3. The molecule has 0 spiro atoms. The van der Waals surface area contributed by atoms with Gasteiger partial charge in [0.15, 0.2) is 0 Å². The van der Waals surface area contributed by atoms with Crippen molar-refractivity contribution in [3.63, 3.8) is 0 Å². The smallest absolute Gasteiger partial charge is 0.407 e. The first-order valence-corrected chi connectivity index (χ1v) is 23.6. The van der Waals surface area contributed by atoms with Crippen molar-refractivity contribution in [1.29, 1.82) is 0 Å². The fourth-order valence-electron chi connectivity index (χ4n) is 8.59. The van der Waals surface area contributed by atoms with E-state index in [4.69, 9.17) is 9.72 Å². The molecule has 15 heteroatoms. The molecule has 58 heavy (non-hydrogen) atoms. The van der Waals surface area contributed by atoms with Gasteiger partial charge < -0.3 is 35.3 Å². The number of carbonyl (C=O) groups is 3. The van der Waals surface area contributed by atoms with Gasteiger partial charge in [0, 0.05) is 24.4 Å². The fourth-order valence-corrected chi connectivity index (χ4v) is 11.7. The lowest BCUT2D eigenvalue weighted by Crippen LogP contribution is -2.51. The van der Waals surface area contributed by atoms with Crippen LogP contribution >= 0.6 is 0 Å². The zero-order valence-corrected chi connectivity index (χ0v) is 35.3. The second-order valence-corrected chi connectivity index (χ2v) is 22.4. The van der Waals surface area contributed by atoms with Crippen LogP contribution < -0.4 is 10.6 Å². The number of aliphatic hydroxyl groups is 1. The van der Waals surface area contributed by atoms with Crippen LogP contribution in [0.1, 0.15) is 57.8 Å². The highest BCUT2D eigenvalue weighted by Gasteiger charge is 2.43. The lowest BCUT2D eigenvalue weighted by atomic mass is 9.99. The summed E-state index contributed by atoms with van der Waals surface area (Å²) in [6.07, 6.45) is 0.897. The van der Waals surface area contributed by atoms with Gasteiger partial charge in [-0.2, -0.15) is 0 Å². The summed E-state index contributed by atoms with van der Waals surface area (Å²) in [4.78, 5) is 58.3. The van der Waals surface area contributed by atoms with Gasteiger partial charge in [-0.1, -0.05) is 83.3 Å². The Bertz CT molecular complexity index is 2290. The topological polar surface area (TPSA) is 169 Å². The van der Waals surface area contributed by atoms with Crippen LogP contribution in [0.2, 0.25) is 19.1 Å². The number of halogens is 1. The van der Waals surface area contributed by atoms with Gasteiger partial charge >= 0.3 is 6.09 Å². The number of fused-ring (bicyclic) bond motifs is 3. The maximum atomic E-state index is 14.8. The number of nitrogens with zero attached hydrogens (tertiary/aromatic N) is 4. The molecule has 2 aromatic heterocycles. The van der Waals surface area contributed by atoms with E-state index in [1.807, 2.05) is 26.0 Å². The summed E-state index contributed by atoms with van der Waals surface area (Å²) in [7, 11) is -0.306. The van der Waals surface area contributed by atoms with Gasteiger partial charge in [0.2, 0.25) is 11.8 Å². The summed E-state index contributed by atoms with van der Waals surface area (Å²) in [5.74, 6) is 0.704. The Morgan fingerprint density at radius 3 is 2.36 bits per heavy atom. The second kappa shape index (κ2) is 16.6. The summed E-state index contributed by atoms with van der Waals surface area (Å²) >= 11 is 0. The van der Waals surface area contributed by atoms with E-state index < -0.39 is 39.0 Å². The Kier molecular flexibility index (Phi) is 11.8. The number of nitrogens with one attached hydrogen (secondary N) is 4. The highest BCUT2D eigenvalue weighted by molar-refractivity contribution is 6.78. The number of amides is 3. The minimum absolute atomic E-state index is 0.0766. The van der Waals surface area contributed by atoms with Crippen molar-refractivity contribution in [2.75, 3.05) is 33.0 Å². The molecule has 5 aromatic rings. The molecule has 2 aliphatic rings. The van der Waals surface area contributed by atoms with Crippen molar-refractivity contribution in [2.45, 2.75) is 83.6 Å². The quantitative estimate of drug-likeness (QED) is 0.0891. The molecule has 7 rings (SSSR count). The molecule has 3 aromatic carbocycles. The van der Waals surface area contributed by atoms with Crippen molar-refractivity contribution in [3.8, 4) is 22.4 Å². The molecule has 5 N–H and O–H groups in total. The maximum absolute atomic E-state index is 14.8. The predicted octanol–water partition coefficient (Wildman–Crippen LogP) is 6.50. The SMILES string of the molecule is COC(=O)N[C@H](C(=O)N1CC(F)C[C@H]1c1ncc(-c2ccc(-c3ccc4c(ccc5nc([C@@H]6C[Si](C)(C)CN6C[C@@H](NC(=O)CO)C(C)C)[nH]c54)c3)cc2)[nH]1)C(C)C. The summed E-state index contributed by atoms with van der Waals surface area (Å²) in [5, 5.41) is 17.2. The Labute approximate surface area is 339 Å². The number of ether oxygens (including phenoxy) is 1. The van der Waals surface area contributed by atoms with Crippen LogP contribution in [0.4, 0.5) is 9.18 Å². The number of aromatic nitrogens is 4. The molecule has 0 saturated carbocycles. The molecule has 13 nitrogen and oxygen atoms in total. The molecule has 308 valence electrons. The van der Waals surface area contributed by atoms with Gasteiger partial charge in [0.1, 0.15) is 30.5 Å². The molecule has 2 fully saturated rings. The highest BCUT2D eigenvalue weighted by Crippen LogP contribution is 2.39. The Hall–Kier alpha value is -5.12. The number of hydrogen-bond acceptors (Lipinski definition) is 8. The third kappa shape index (κ3) is 8.52. The maximum Gasteiger partial charge on any atom is 0.407 e. The third-order valence-electron chi connectivity index (χ3n) is 11.7. The number of benzene rings is 3. The van der Waals surface area contributed by atoms with E-state index in [-0.39, 0.29) is 48.7 Å². The van der Waals surface area contributed by atoms with Crippen molar-refractivity contribution >= 4 is 47.8 Å². The Balaban J connectivity index is 1.08. The number of alkyl halides is 1. The third-order valence-corrected chi connectivity index (χ3v) is 14.5. The van der Waals surface area contributed by atoms with E-state index in [0.717, 1.165) is 62.2 Å². The van der Waals surface area contributed by atoms with Gasteiger partial charge in [-0.15, -0.1) is 0 Å². The minimum Gasteiger partial charge on any atom is -0.453 e. The standard InChI is InChI=1S/C43H55FN8O5Si/c1-24(2)34(46-37(54)21-53)20-51-23-58(6,7)22-36(51)41-47-32-15-13-29-16-28(12-14-31(29)39(32)49-41)26-8-10-27(11-9-26)33-18-45-40(48-33)35-17-30(44)19-52(35)42(55)38(25(3)4)50-43(56)57-5/h8-16,18,24-25,30,34-36,38,53H,17,19-23H2,1-7H3,(H,45,48)(H,46,54)(H,47,49)(H,50,56)/t30?,34-,35+,36+,38+/m1/s1. The average molecular weight is 811 g/mol. The number of aliphatic hydroxyl groups excluding tert-OH is 1. The van der Waals surface area contributed by atoms with Crippen LogP contribution in [-0.4, -0.2) is 112 Å². The number of methoxy groups -OCH3 is 1. The lowest BCUT2D eigenvalue weighted by Gasteiger charge is -2.31. The molecule has 5 atom stereocenters. The van der Waals surface area contributed by atoms with Gasteiger partial charge in [0.05, 0.1) is 56.7 Å². The molecule has 2 aliphatic heterocycles. The van der Waals surface area contributed by atoms with E-state index in [0.29, 0.717) is 12.4 Å². The molecular weight excluding hydrogens is 756 g/mol. The number of H-pyrrole nitrogens is 2. The molecule has 4 heterocycles. The molecule has 0 aliphatic carbocycles. The van der Waals surface area contributed by atoms with Gasteiger partial charge in [-0.05, 0) is 58.3 Å². The molecular formula is C43H55FN8O5Si. The lowest BCUT2D eigenvalue weighted by molar-refractivity contribution is -0.135. The van der Waals surface area contributed by atoms with Crippen molar-refractivity contribution in [1.82, 2.24) is 40.4 Å². The first-order chi connectivity index (χ1) is 27.6. The fraction of sp³-hybridized carbons (Fsp3) is 0.465. The number of imidazole rings is 2. The number of rotatable bonds is 12. The largest absolute Gasteiger partial charge is 0.453 e. The zero-order chi connectivity index (χ0) is 41.5. The van der Waals surface area contributed by atoms with Crippen molar-refractivity contribution < 1.29 is 28.6 Å². The number of aromatic amines is 2. The van der Waals surface area contributed by atoms with Crippen molar-refractivity contribution in [3.05, 3.63) is 72.4 Å². The number of alkyl carbamates (subject to hydrolysis) is 1. The van der Waals surface area contributed by atoms with Crippen LogP contribution in [0.3, 0.4) is 0 Å². The van der Waals surface area contributed by atoms with Crippen LogP contribution in [0.5, 0.6) is 0 Å². The van der Waals surface area contributed by atoms with Gasteiger partial charge in [0.25, 0.3) is 0 Å². The summed E-state index contributed by atoms with van der Waals surface area (Å²) in [5.41, 5.74) is 5.69. The zero-order valence-electron chi connectivity index (χ0n) is 34.3. The molecule has 1 unspecified atom stereocenters. The predicted molar refractivity (Wildman–Crippen MR) is 225 cm³/mol. The first-order valence-electron chi connectivity index (χ1n) is 20.2. The van der Waals surface area contributed by atoms with Crippen LogP contribution in [-0.2, 0) is 14.3 Å². The van der Waals surface area contributed by atoms with Crippen LogP contribution in [0, 0.1) is 11.8 Å². The van der Waals surface area contributed by atoms with Crippen molar-refractivity contribution in [2.24, 2.45) is 11.8 Å². The molecule has 3 amide bonds. The second-order valence-electron chi connectivity index (χ2n) is 17.4. The number of hydrogen-bond donors (Lipinski definition) is 5. The Morgan fingerprint density at radius 1 is 0.948 bits per heavy atom. The first kappa shape index (κ1) is 41.1. The van der Waals surface area contributed by atoms with E-state index >= 15 is 0 Å². The van der Waals surface area contributed by atoms with Crippen LogP contribution in [0.25, 0.3) is 44.2 Å². The normalized spacial score (nSPS) is 20.6. The summed E-state index contributed by atoms with van der Waals surface area (Å²) in [6, 6.07) is 18.5. The van der Waals surface area contributed by atoms with E-state index in [2.05, 4.69) is 99.9 Å². The number of likely N-dealkylation sites (tertiary alicyclic amines) is 1. The minimum atomic E-state index is -1.54. The van der Waals surface area contributed by atoms with E-state index in [9.17, 15) is 23.9 Å². The van der Waals surface area contributed by atoms with E-state index in [1.54, 1.807) is 6.20 Å². The summed E-state index contributed by atoms with van der Waals surface area (Å²) < 4.78 is 19.5. The highest BCUT2D eigenvalue weighted by atomic mass is 28.3. The summed E-state index contributed by atoms with van der Waals surface area (Å²) in [6.45, 7) is 12.7. The van der Waals surface area contributed by atoms with E-state index in [1.165, 1.54) is 12.0 Å². The average Bonchev–Trinajstić information content (AvgIpc) is 4.00. The van der Waals surface area contributed by atoms with Gasteiger partial charge in [-0.3, -0.25) is 14.5 Å². The van der Waals surface area contributed by atoms with Crippen LogP contribution in [0.15, 0.2) is 60.8 Å². The molecule has 0 radical (unpaired) electrons. The molecule has 0 bridgehead atoms.